The number of rotatable bonds is 5. The number of carbonyl (C=O) groups excluding carboxylic acids is 2. The standard InChI is InChI=1S/C25H20FN3O4S/c26-19-9-2-1-8-18(19)23(31)27-16-7-5-6-15(12-16)24(32)33-14-17-13-22(30)29-20-10-3-4-11-21(20)34-25(29)28-17/h1-2,5-9,12-13H,3-4,10-11,14H2,(H,27,31). The monoisotopic (exact) mass is 477 g/mol. The van der Waals surface area contributed by atoms with Crippen LogP contribution < -0.4 is 10.9 Å². The third kappa shape index (κ3) is 4.34. The summed E-state index contributed by atoms with van der Waals surface area (Å²) in [6.07, 6.45) is 4.00. The Labute approximate surface area is 197 Å². The molecular formula is C25H20FN3O4S. The molecule has 2 aromatic heterocycles. The molecule has 34 heavy (non-hydrogen) atoms. The van der Waals surface area contributed by atoms with Crippen molar-refractivity contribution < 1.29 is 18.7 Å². The first-order chi connectivity index (χ1) is 16.5. The van der Waals surface area contributed by atoms with Gasteiger partial charge in [0.15, 0.2) is 4.96 Å². The number of nitrogens with zero attached hydrogens (tertiary/aromatic N) is 2. The van der Waals surface area contributed by atoms with Gasteiger partial charge in [-0.2, -0.15) is 0 Å². The number of halogens is 1. The molecule has 0 atom stereocenters. The smallest absolute Gasteiger partial charge is 0.338 e. The summed E-state index contributed by atoms with van der Waals surface area (Å²) in [4.78, 5) is 43.9. The van der Waals surface area contributed by atoms with E-state index in [1.165, 1.54) is 46.5 Å². The highest BCUT2D eigenvalue weighted by molar-refractivity contribution is 7.17. The molecule has 4 aromatic rings. The number of esters is 1. The maximum Gasteiger partial charge on any atom is 0.338 e. The number of fused-ring (bicyclic) bond motifs is 3. The lowest BCUT2D eigenvalue weighted by Crippen LogP contribution is -2.18. The summed E-state index contributed by atoms with van der Waals surface area (Å²) < 4.78 is 20.9. The van der Waals surface area contributed by atoms with Gasteiger partial charge in [0.2, 0.25) is 0 Å². The molecule has 0 spiro atoms. The van der Waals surface area contributed by atoms with E-state index >= 15 is 0 Å². The molecule has 0 saturated carbocycles. The highest BCUT2D eigenvalue weighted by Crippen LogP contribution is 2.28. The fourth-order valence-corrected chi connectivity index (χ4v) is 5.24. The van der Waals surface area contributed by atoms with Crippen LogP contribution in [-0.2, 0) is 24.2 Å². The molecule has 2 heterocycles. The normalized spacial score (nSPS) is 12.9. The maximum atomic E-state index is 13.8. The second-order valence-electron chi connectivity index (χ2n) is 7.97. The molecule has 2 aromatic carbocycles. The lowest BCUT2D eigenvalue weighted by atomic mass is 10.0. The summed E-state index contributed by atoms with van der Waals surface area (Å²) in [5.41, 5.74) is 1.68. The molecule has 0 saturated heterocycles. The van der Waals surface area contributed by atoms with Crippen LogP contribution in [0.1, 0.15) is 49.8 Å². The summed E-state index contributed by atoms with van der Waals surface area (Å²) in [7, 11) is 0. The zero-order chi connectivity index (χ0) is 23.7. The number of hydrogen-bond acceptors (Lipinski definition) is 6. The van der Waals surface area contributed by atoms with Crippen molar-refractivity contribution in [3.8, 4) is 0 Å². The molecule has 1 aliphatic rings. The predicted molar refractivity (Wildman–Crippen MR) is 126 cm³/mol. The number of thiazole rings is 1. The molecule has 1 aliphatic carbocycles. The first kappa shape index (κ1) is 22.0. The number of carbonyl (C=O) groups is 2. The minimum atomic E-state index is -0.637. The van der Waals surface area contributed by atoms with E-state index in [0.717, 1.165) is 31.4 Å². The van der Waals surface area contributed by atoms with Crippen LogP contribution in [0.25, 0.3) is 4.96 Å². The van der Waals surface area contributed by atoms with Crippen molar-refractivity contribution in [2.75, 3.05) is 5.32 Å². The highest BCUT2D eigenvalue weighted by Gasteiger charge is 2.19. The second-order valence-corrected chi connectivity index (χ2v) is 9.04. The van der Waals surface area contributed by atoms with Gasteiger partial charge in [-0.1, -0.05) is 18.2 Å². The fraction of sp³-hybridized carbons (Fsp3) is 0.200. The fourth-order valence-electron chi connectivity index (χ4n) is 4.01. The summed E-state index contributed by atoms with van der Waals surface area (Å²) in [6.45, 7) is -0.154. The molecule has 9 heteroatoms. The van der Waals surface area contributed by atoms with Gasteiger partial charge in [-0.25, -0.2) is 14.2 Å². The van der Waals surface area contributed by atoms with Gasteiger partial charge in [0.25, 0.3) is 11.5 Å². The van der Waals surface area contributed by atoms with Crippen LogP contribution >= 0.6 is 11.3 Å². The van der Waals surface area contributed by atoms with E-state index in [1.54, 1.807) is 28.7 Å². The van der Waals surface area contributed by atoms with Gasteiger partial charge in [0.05, 0.1) is 16.8 Å². The summed E-state index contributed by atoms with van der Waals surface area (Å²) >= 11 is 1.51. The van der Waals surface area contributed by atoms with E-state index in [4.69, 9.17) is 4.74 Å². The lowest BCUT2D eigenvalue weighted by Gasteiger charge is -2.10. The van der Waals surface area contributed by atoms with Gasteiger partial charge in [-0.3, -0.25) is 14.0 Å². The number of anilines is 1. The Kier molecular flexibility index (Phi) is 5.93. The first-order valence-corrected chi connectivity index (χ1v) is 11.7. The van der Waals surface area contributed by atoms with E-state index in [-0.39, 0.29) is 23.3 Å². The third-order valence-electron chi connectivity index (χ3n) is 5.64. The summed E-state index contributed by atoms with van der Waals surface area (Å²) in [5.74, 6) is -1.89. The minimum absolute atomic E-state index is 0.0986. The molecule has 1 N–H and O–H groups in total. The Morgan fingerprint density at radius 1 is 1.09 bits per heavy atom. The molecule has 5 rings (SSSR count). The molecule has 0 fully saturated rings. The van der Waals surface area contributed by atoms with Crippen molar-refractivity contribution in [2.24, 2.45) is 0 Å². The van der Waals surface area contributed by atoms with Crippen LogP contribution in [0.4, 0.5) is 10.1 Å². The Balaban J connectivity index is 1.29. The maximum absolute atomic E-state index is 13.8. The third-order valence-corrected chi connectivity index (χ3v) is 6.78. The zero-order valence-corrected chi connectivity index (χ0v) is 18.9. The van der Waals surface area contributed by atoms with Crippen molar-refractivity contribution in [3.05, 3.63) is 98.2 Å². The largest absolute Gasteiger partial charge is 0.456 e. The lowest BCUT2D eigenvalue weighted by molar-refractivity contribution is 0.0467. The summed E-state index contributed by atoms with van der Waals surface area (Å²) in [6, 6.07) is 13.2. The second kappa shape index (κ2) is 9.18. The van der Waals surface area contributed by atoms with Crippen molar-refractivity contribution in [2.45, 2.75) is 32.3 Å². The quantitative estimate of drug-likeness (QED) is 0.431. The molecule has 1 amide bonds. The minimum Gasteiger partial charge on any atom is -0.456 e. The van der Waals surface area contributed by atoms with Crippen LogP contribution in [0.5, 0.6) is 0 Å². The number of aryl methyl sites for hydroxylation is 2. The van der Waals surface area contributed by atoms with Gasteiger partial charge in [0.1, 0.15) is 12.4 Å². The molecule has 172 valence electrons. The van der Waals surface area contributed by atoms with Crippen molar-refractivity contribution in [3.63, 3.8) is 0 Å². The number of nitrogens with one attached hydrogen (secondary N) is 1. The number of aromatic nitrogens is 2. The number of hydrogen-bond donors (Lipinski definition) is 1. The molecule has 0 radical (unpaired) electrons. The van der Waals surface area contributed by atoms with Crippen molar-refractivity contribution in [1.82, 2.24) is 9.38 Å². The molecular weight excluding hydrogens is 457 g/mol. The molecule has 0 aliphatic heterocycles. The number of amides is 1. The van der Waals surface area contributed by atoms with E-state index in [0.29, 0.717) is 16.3 Å². The van der Waals surface area contributed by atoms with Gasteiger partial charge in [-0.15, -0.1) is 11.3 Å². The van der Waals surface area contributed by atoms with Crippen LogP contribution in [0.2, 0.25) is 0 Å². The molecule has 0 bridgehead atoms. The van der Waals surface area contributed by atoms with Crippen molar-refractivity contribution in [1.29, 1.82) is 0 Å². The molecule has 0 unspecified atom stereocenters. The Hall–Kier alpha value is -3.85. The van der Waals surface area contributed by atoms with E-state index in [9.17, 15) is 18.8 Å². The average Bonchev–Trinajstić information content (AvgIpc) is 3.22. The first-order valence-electron chi connectivity index (χ1n) is 10.9. The van der Waals surface area contributed by atoms with Crippen LogP contribution in [0, 0.1) is 5.82 Å². The Bertz CT molecular complexity index is 1480. The van der Waals surface area contributed by atoms with E-state index in [1.807, 2.05) is 0 Å². The van der Waals surface area contributed by atoms with Crippen LogP contribution in [0.15, 0.2) is 59.4 Å². The van der Waals surface area contributed by atoms with Crippen LogP contribution in [-0.4, -0.2) is 21.3 Å². The number of ether oxygens (including phenoxy) is 1. The van der Waals surface area contributed by atoms with Gasteiger partial charge in [0, 0.05) is 22.3 Å². The average molecular weight is 478 g/mol. The Morgan fingerprint density at radius 2 is 1.91 bits per heavy atom. The Morgan fingerprint density at radius 3 is 2.76 bits per heavy atom. The van der Waals surface area contributed by atoms with Gasteiger partial charge >= 0.3 is 5.97 Å². The zero-order valence-electron chi connectivity index (χ0n) is 18.0. The number of benzene rings is 2. The highest BCUT2D eigenvalue weighted by atomic mass is 32.1. The predicted octanol–water partition coefficient (Wildman–Crippen LogP) is 4.38. The molecule has 7 nitrogen and oxygen atoms in total. The van der Waals surface area contributed by atoms with Crippen LogP contribution in [0.3, 0.4) is 0 Å². The van der Waals surface area contributed by atoms with Gasteiger partial charge in [-0.05, 0) is 56.0 Å². The topological polar surface area (TPSA) is 89.8 Å². The van der Waals surface area contributed by atoms with Crippen molar-refractivity contribution >= 4 is 33.9 Å². The SMILES string of the molecule is O=C(OCc1cc(=O)n2c3c(sc2n1)CCCC3)c1cccc(NC(=O)c2ccccc2F)c1. The van der Waals surface area contributed by atoms with E-state index < -0.39 is 17.7 Å². The van der Waals surface area contributed by atoms with Gasteiger partial charge < -0.3 is 10.1 Å². The summed E-state index contributed by atoms with van der Waals surface area (Å²) in [5, 5.41) is 2.58. The van der Waals surface area contributed by atoms with E-state index in [2.05, 4.69) is 10.3 Å².